The summed E-state index contributed by atoms with van der Waals surface area (Å²) in [5.74, 6) is 2.48. The largest absolute Gasteiger partial charge is 0.463 e. The van der Waals surface area contributed by atoms with Crippen LogP contribution in [0.1, 0.15) is 62.3 Å². The van der Waals surface area contributed by atoms with Gasteiger partial charge in [-0.3, -0.25) is 0 Å². The average molecular weight is 353 g/mol. The summed E-state index contributed by atoms with van der Waals surface area (Å²) in [4.78, 5) is 11.8. The minimum absolute atomic E-state index is 0.0393. The van der Waals surface area contributed by atoms with Gasteiger partial charge in [-0.05, 0) is 30.5 Å². The van der Waals surface area contributed by atoms with E-state index in [1.165, 1.54) is 0 Å². The number of esters is 1. The third-order valence-electron chi connectivity index (χ3n) is 4.79. The second kappa shape index (κ2) is 10.1. The summed E-state index contributed by atoms with van der Waals surface area (Å²) in [6, 6.07) is 0. The van der Waals surface area contributed by atoms with Crippen LogP contribution in [-0.4, -0.2) is 27.0 Å². The lowest BCUT2D eigenvalue weighted by Gasteiger charge is -2.44. The van der Waals surface area contributed by atoms with Crippen molar-refractivity contribution in [2.75, 3.05) is 6.61 Å². The fraction of sp³-hybridized carbons (Fsp3) is 0.750. The topological polar surface area (TPSA) is 35.5 Å². The lowest BCUT2D eigenvalue weighted by molar-refractivity contribution is -0.138. The lowest BCUT2D eigenvalue weighted by atomic mass is 10.0. The Labute approximate surface area is 150 Å². The molecular weight excluding hydrogens is 316 g/mol. The minimum atomic E-state index is -2.06. The Bertz CT molecular complexity index is 450. The van der Waals surface area contributed by atoms with E-state index in [1.54, 1.807) is 13.8 Å². The molecule has 2 atom stereocenters. The molecule has 0 fully saturated rings. The van der Waals surface area contributed by atoms with Gasteiger partial charge in [0.25, 0.3) is 0 Å². The monoisotopic (exact) mass is 352 g/mol. The molecule has 0 amide bonds. The molecule has 0 aliphatic carbocycles. The fourth-order valence-electron chi connectivity index (χ4n) is 3.72. The Kier molecular flexibility index (Phi) is 9.61. The van der Waals surface area contributed by atoms with Crippen molar-refractivity contribution in [1.29, 1.82) is 0 Å². The van der Waals surface area contributed by atoms with E-state index in [0.717, 1.165) is 0 Å². The Morgan fingerprint density at radius 3 is 1.88 bits per heavy atom. The fourth-order valence-corrected chi connectivity index (χ4v) is 9.26. The number of terminal acetylenes is 1. The summed E-state index contributed by atoms with van der Waals surface area (Å²) >= 11 is 0. The summed E-state index contributed by atoms with van der Waals surface area (Å²) in [6.45, 7) is 19.4. The predicted octanol–water partition coefficient (Wildman–Crippen LogP) is 5.33. The van der Waals surface area contributed by atoms with Crippen molar-refractivity contribution in [3.63, 3.8) is 0 Å². The van der Waals surface area contributed by atoms with Crippen molar-refractivity contribution < 1.29 is 14.0 Å². The van der Waals surface area contributed by atoms with Crippen LogP contribution in [0.15, 0.2) is 11.6 Å². The van der Waals surface area contributed by atoms with E-state index in [4.69, 9.17) is 15.6 Å². The van der Waals surface area contributed by atoms with Crippen LogP contribution in [0.4, 0.5) is 0 Å². The molecular formula is C20H36O3Si. The maximum Gasteiger partial charge on any atom is 0.333 e. The number of rotatable bonds is 9. The molecule has 0 aliphatic rings. The van der Waals surface area contributed by atoms with E-state index < -0.39 is 8.32 Å². The standard InChI is InChI=1S/C20H36O3Si/c1-11-19(17(9)13-18(10)20(21)22-12-2)23-24(14(3)4,15(5)6)16(7)8/h1,13-17,19H,12H2,2-10H3/b18-13+/t17-,19-/m1/s1. The van der Waals surface area contributed by atoms with E-state index in [1.807, 2.05) is 13.0 Å². The van der Waals surface area contributed by atoms with Gasteiger partial charge in [0.1, 0.15) is 6.10 Å². The smallest absolute Gasteiger partial charge is 0.333 e. The highest BCUT2D eigenvalue weighted by molar-refractivity contribution is 6.77. The lowest BCUT2D eigenvalue weighted by Crippen LogP contribution is -2.51. The maximum atomic E-state index is 11.8. The third kappa shape index (κ3) is 5.49. The SMILES string of the molecule is C#C[C@@H](O[Si](C(C)C)(C(C)C)C(C)C)[C@H](C)/C=C(\C)C(=O)OCC. The van der Waals surface area contributed by atoms with Gasteiger partial charge in [0.05, 0.1) is 6.61 Å². The van der Waals surface area contributed by atoms with Crippen LogP contribution in [0.3, 0.4) is 0 Å². The molecule has 0 unspecified atom stereocenters. The molecule has 0 saturated carbocycles. The average Bonchev–Trinajstić information content (AvgIpc) is 2.47. The molecule has 0 bridgehead atoms. The summed E-state index contributed by atoms with van der Waals surface area (Å²) in [6.07, 6.45) is 7.35. The molecule has 0 rings (SSSR count). The van der Waals surface area contributed by atoms with E-state index in [2.05, 4.69) is 47.5 Å². The van der Waals surface area contributed by atoms with Gasteiger partial charge >= 0.3 is 5.97 Å². The van der Waals surface area contributed by atoms with Gasteiger partial charge < -0.3 is 9.16 Å². The van der Waals surface area contributed by atoms with Gasteiger partial charge in [0.2, 0.25) is 8.32 Å². The van der Waals surface area contributed by atoms with Crippen LogP contribution in [-0.2, 0) is 14.0 Å². The highest BCUT2D eigenvalue weighted by atomic mass is 28.4. The van der Waals surface area contributed by atoms with Crippen molar-refractivity contribution in [2.24, 2.45) is 5.92 Å². The normalized spacial score (nSPS) is 15.5. The van der Waals surface area contributed by atoms with Gasteiger partial charge in [-0.25, -0.2) is 4.79 Å². The maximum absolute atomic E-state index is 11.8. The molecule has 0 radical (unpaired) electrons. The van der Waals surface area contributed by atoms with E-state index in [9.17, 15) is 4.79 Å². The molecule has 0 spiro atoms. The Morgan fingerprint density at radius 1 is 1.08 bits per heavy atom. The second-order valence-electron chi connectivity index (χ2n) is 7.45. The van der Waals surface area contributed by atoms with Gasteiger partial charge in [0.15, 0.2) is 0 Å². The second-order valence-corrected chi connectivity index (χ2v) is 12.9. The Morgan fingerprint density at radius 2 is 1.54 bits per heavy atom. The zero-order valence-electron chi connectivity index (χ0n) is 17.0. The number of hydrogen-bond donors (Lipinski definition) is 0. The zero-order chi connectivity index (χ0) is 19.1. The molecule has 0 aromatic carbocycles. The van der Waals surface area contributed by atoms with Crippen molar-refractivity contribution in [3.05, 3.63) is 11.6 Å². The molecule has 0 saturated heterocycles. The molecule has 0 aromatic heterocycles. The molecule has 4 heteroatoms. The van der Waals surface area contributed by atoms with Crippen LogP contribution >= 0.6 is 0 Å². The highest BCUT2D eigenvalue weighted by Gasteiger charge is 2.46. The van der Waals surface area contributed by atoms with Gasteiger partial charge in [-0.1, -0.05) is 60.5 Å². The van der Waals surface area contributed by atoms with Crippen molar-refractivity contribution >= 4 is 14.3 Å². The number of carbonyl (C=O) groups excluding carboxylic acids is 1. The molecule has 0 heterocycles. The van der Waals surface area contributed by atoms with Gasteiger partial charge in [0, 0.05) is 11.5 Å². The Balaban J connectivity index is 5.50. The van der Waals surface area contributed by atoms with Crippen LogP contribution in [0, 0.1) is 18.3 Å². The van der Waals surface area contributed by atoms with E-state index in [0.29, 0.717) is 28.8 Å². The number of ether oxygens (including phenoxy) is 1. The molecule has 0 aliphatic heterocycles. The van der Waals surface area contributed by atoms with Crippen LogP contribution < -0.4 is 0 Å². The first-order chi connectivity index (χ1) is 11.0. The third-order valence-corrected chi connectivity index (χ3v) is 10.9. The quantitative estimate of drug-likeness (QED) is 0.244. The molecule has 0 aromatic rings. The van der Waals surface area contributed by atoms with Crippen LogP contribution in [0.5, 0.6) is 0 Å². The molecule has 3 nitrogen and oxygen atoms in total. The van der Waals surface area contributed by atoms with E-state index in [-0.39, 0.29) is 18.0 Å². The summed E-state index contributed by atoms with van der Waals surface area (Å²) in [5.41, 5.74) is 1.99. The molecule has 138 valence electrons. The first kappa shape index (κ1) is 22.9. The minimum Gasteiger partial charge on any atom is -0.463 e. The first-order valence-electron chi connectivity index (χ1n) is 9.03. The van der Waals surface area contributed by atoms with Crippen molar-refractivity contribution in [1.82, 2.24) is 0 Å². The summed E-state index contributed by atoms with van der Waals surface area (Å²) < 4.78 is 11.7. The first-order valence-corrected chi connectivity index (χ1v) is 11.2. The predicted molar refractivity (Wildman–Crippen MR) is 104 cm³/mol. The summed E-state index contributed by atoms with van der Waals surface area (Å²) in [7, 11) is -2.06. The molecule has 24 heavy (non-hydrogen) atoms. The molecule has 0 N–H and O–H groups in total. The Hall–Kier alpha value is -1.05. The van der Waals surface area contributed by atoms with Crippen molar-refractivity contribution in [3.8, 4) is 12.3 Å². The number of hydrogen-bond acceptors (Lipinski definition) is 3. The van der Waals surface area contributed by atoms with E-state index >= 15 is 0 Å². The van der Waals surface area contributed by atoms with Crippen LogP contribution in [0.2, 0.25) is 16.6 Å². The highest BCUT2D eigenvalue weighted by Crippen LogP contribution is 2.43. The number of carbonyl (C=O) groups is 1. The summed E-state index contributed by atoms with van der Waals surface area (Å²) in [5, 5.41) is 0. The van der Waals surface area contributed by atoms with Crippen molar-refractivity contribution in [2.45, 2.75) is 85.0 Å². The zero-order valence-corrected chi connectivity index (χ0v) is 18.0. The van der Waals surface area contributed by atoms with Gasteiger partial charge in [-0.2, -0.15) is 0 Å². The van der Waals surface area contributed by atoms with Gasteiger partial charge in [-0.15, -0.1) is 6.42 Å². The van der Waals surface area contributed by atoms with Crippen LogP contribution in [0.25, 0.3) is 0 Å².